The van der Waals surface area contributed by atoms with Crippen LogP contribution in [0.5, 0.6) is 0 Å². The van der Waals surface area contributed by atoms with E-state index in [4.69, 9.17) is 9.47 Å². The number of ether oxygens (including phenoxy) is 2. The van der Waals surface area contributed by atoms with Gasteiger partial charge in [0, 0.05) is 33.4 Å². The molecule has 5 heteroatoms. The first-order valence-corrected chi connectivity index (χ1v) is 6.60. The van der Waals surface area contributed by atoms with Crippen LogP contribution in [0.2, 0.25) is 0 Å². The second kappa shape index (κ2) is 8.85. The van der Waals surface area contributed by atoms with E-state index in [1.54, 1.807) is 14.2 Å². The van der Waals surface area contributed by atoms with Crippen molar-refractivity contribution in [3.05, 3.63) is 23.9 Å². The Morgan fingerprint density at radius 2 is 2.05 bits per heavy atom. The Labute approximate surface area is 115 Å². The fourth-order valence-electron chi connectivity index (χ4n) is 1.60. The molecular weight excluding hydrogens is 242 g/mol. The summed E-state index contributed by atoms with van der Waals surface area (Å²) < 4.78 is 10.4. The third-order valence-electron chi connectivity index (χ3n) is 2.69. The lowest BCUT2D eigenvalue weighted by atomic mass is 10.3. The van der Waals surface area contributed by atoms with Crippen LogP contribution in [-0.4, -0.2) is 44.5 Å². The summed E-state index contributed by atoms with van der Waals surface area (Å²) >= 11 is 0. The largest absolute Gasteiger partial charge is 0.382 e. The highest BCUT2D eigenvalue weighted by Crippen LogP contribution is 2.05. The Balaban J connectivity index is 2.47. The van der Waals surface area contributed by atoms with Crippen molar-refractivity contribution in [3.63, 3.8) is 0 Å². The molecule has 0 aliphatic heterocycles. The molecule has 1 rings (SSSR count). The zero-order valence-electron chi connectivity index (χ0n) is 12.3. The Hall–Kier alpha value is -1.17. The number of hydrogen-bond donors (Lipinski definition) is 2. The van der Waals surface area contributed by atoms with Crippen molar-refractivity contribution in [2.45, 2.75) is 32.5 Å². The minimum absolute atomic E-state index is 0.0317. The third-order valence-corrected chi connectivity index (χ3v) is 2.69. The first-order valence-electron chi connectivity index (χ1n) is 6.60. The van der Waals surface area contributed by atoms with E-state index in [1.807, 2.05) is 18.2 Å². The lowest BCUT2D eigenvalue weighted by Gasteiger charge is -2.16. The van der Waals surface area contributed by atoms with E-state index in [1.165, 1.54) is 0 Å². The van der Waals surface area contributed by atoms with Gasteiger partial charge in [-0.25, -0.2) is 4.98 Å². The highest BCUT2D eigenvalue weighted by atomic mass is 16.5. The van der Waals surface area contributed by atoms with Crippen molar-refractivity contribution in [2.24, 2.45) is 0 Å². The van der Waals surface area contributed by atoms with Crippen LogP contribution in [0.25, 0.3) is 0 Å². The normalized spacial score (nSPS) is 12.7. The molecule has 108 valence electrons. The van der Waals surface area contributed by atoms with Crippen LogP contribution in [0.4, 0.5) is 5.82 Å². The molecule has 2 N–H and O–H groups in total. The van der Waals surface area contributed by atoms with Crippen LogP contribution < -0.4 is 10.6 Å². The first kappa shape index (κ1) is 15.9. The summed E-state index contributed by atoms with van der Waals surface area (Å²) in [6, 6.07) is 6.44. The molecule has 0 saturated heterocycles. The SMILES string of the molecule is COCC(CNc1cccc(CNC(C)C)n1)OC. The minimum Gasteiger partial charge on any atom is -0.382 e. The molecule has 0 aliphatic carbocycles. The average molecular weight is 267 g/mol. The maximum absolute atomic E-state index is 5.29. The molecule has 0 spiro atoms. The summed E-state index contributed by atoms with van der Waals surface area (Å²) in [5.41, 5.74) is 1.03. The monoisotopic (exact) mass is 267 g/mol. The maximum atomic E-state index is 5.29. The van der Waals surface area contributed by atoms with E-state index < -0.39 is 0 Å². The topological polar surface area (TPSA) is 55.4 Å². The highest BCUT2D eigenvalue weighted by molar-refractivity contribution is 5.35. The Kier molecular flexibility index (Phi) is 7.40. The standard InChI is InChI=1S/C14H25N3O2/c1-11(2)15-8-12-6-5-7-14(17-12)16-9-13(19-4)10-18-3/h5-7,11,13,15H,8-10H2,1-4H3,(H,16,17). The van der Waals surface area contributed by atoms with Crippen LogP contribution in [0.1, 0.15) is 19.5 Å². The van der Waals surface area contributed by atoms with Gasteiger partial charge in [0.25, 0.3) is 0 Å². The number of nitrogens with one attached hydrogen (secondary N) is 2. The van der Waals surface area contributed by atoms with Crippen molar-refractivity contribution in [3.8, 4) is 0 Å². The molecule has 1 aromatic rings. The predicted molar refractivity (Wildman–Crippen MR) is 77.4 cm³/mol. The number of aromatic nitrogens is 1. The summed E-state index contributed by atoms with van der Waals surface area (Å²) in [5.74, 6) is 0.862. The van der Waals surface area contributed by atoms with Crippen LogP contribution in [0, 0.1) is 0 Å². The Bertz CT molecular complexity index is 358. The van der Waals surface area contributed by atoms with Gasteiger partial charge in [-0.2, -0.15) is 0 Å². The van der Waals surface area contributed by atoms with Crippen molar-refractivity contribution in [1.29, 1.82) is 0 Å². The molecule has 1 aromatic heterocycles. The van der Waals surface area contributed by atoms with Crippen molar-refractivity contribution in [1.82, 2.24) is 10.3 Å². The van der Waals surface area contributed by atoms with Crippen LogP contribution in [0.3, 0.4) is 0 Å². The van der Waals surface area contributed by atoms with E-state index in [9.17, 15) is 0 Å². The molecule has 0 fully saturated rings. The average Bonchev–Trinajstić information content (AvgIpc) is 2.41. The second-order valence-electron chi connectivity index (χ2n) is 4.74. The number of hydrogen-bond acceptors (Lipinski definition) is 5. The molecule has 0 amide bonds. The van der Waals surface area contributed by atoms with Gasteiger partial charge in [0.05, 0.1) is 18.4 Å². The molecule has 0 saturated carbocycles. The van der Waals surface area contributed by atoms with Gasteiger partial charge >= 0.3 is 0 Å². The second-order valence-corrected chi connectivity index (χ2v) is 4.74. The van der Waals surface area contributed by atoms with E-state index in [0.717, 1.165) is 18.1 Å². The molecular formula is C14H25N3O2. The van der Waals surface area contributed by atoms with E-state index in [-0.39, 0.29) is 6.10 Å². The van der Waals surface area contributed by atoms with Crippen molar-refractivity contribution < 1.29 is 9.47 Å². The lowest BCUT2D eigenvalue weighted by Crippen LogP contribution is -2.27. The third kappa shape index (κ3) is 6.52. The highest BCUT2D eigenvalue weighted by Gasteiger charge is 2.07. The summed E-state index contributed by atoms with van der Waals surface area (Å²) in [4.78, 5) is 4.54. The summed E-state index contributed by atoms with van der Waals surface area (Å²) in [6.45, 7) is 6.27. The van der Waals surface area contributed by atoms with Crippen molar-refractivity contribution >= 4 is 5.82 Å². The molecule has 1 heterocycles. The van der Waals surface area contributed by atoms with E-state index >= 15 is 0 Å². The number of pyridine rings is 1. The molecule has 0 radical (unpaired) electrons. The molecule has 0 aliphatic rings. The van der Waals surface area contributed by atoms with Gasteiger partial charge in [-0.3, -0.25) is 0 Å². The summed E-state index contributed by atoms with van der Waals surface area (Å²) in [6.07, 6.45) is 0.0317. The van der Waals surface area contributed by atoms with Gasteiger partial charge in [0.15, 0.2) is 0 Å². The number of anilines is 1. The minimum atomic E-state index is 0.0317. The fourth-order valence-corrected chi connectivity index (χ4v) is 1.60. The predicted octanol–water partition coefficient (Wildman–Crippen LogP) is 1.65. The van der Waals surface area contributed by atoms with Gasteiger partial charge in [0.1, 0.15) is 5.82 Å². The first-order chi connectivity index (χ1) is 9.15. The van der Waals surface area contributed by atoms with Gasteiger partial charge in [-0.15, -0.1) is 0 Å². The molecule has 0 bridgehead atoms. The van der Waals surface area contributed by atoms with Crippen LogP contribution in [-0.2, 0) is 16.0 Å². The Morgan fingerprint density at radius 1 is 1.26 bits per heavy atom. The molecule has 19 heavy (non-hydrogen) atoms. The summed E-state index contributed by atoms with van der Waals surface area (Å²) in [5, 5.41) is 6.61. The number of methoxy groups -OCH3 is 2. The molecule has 1 atom stereocenters. The van der Waals surface area contributed by atoms with Gasteiger partial charge in [0.2, 0.25) is 0 Å². The van der Waals surface area contributed by atoms with Crippen molar-refractivity contribution in [2.75, 3.05) is 32.7 Å². The molecule has 5 nitrogen and oxygen atoms in total. The number of nitrogens with zero attached hydrogens (tertiary/aromatic N) is 1. The number of rotatable bonds is 9. The lowest BCUT2D eigenvalue weighted by molar-refractivity contribution is 0.0365. The van der Waals surface area contributed by atoms with E-state index in [0.29, 0.717) is 19.2 Å². The fraction of sp³-hybridized carbons (Fsp3) is 0.643. The maximum Gasteiger partial charge on any atom is 0.126 e. The van der Waals surface area contributed by atoms with Crippen LogP contribution >= 0.6 is 0 Å². The zero-order valence-corrected chi connectivity index (χ0v) is 12.3. The van der Waals surface area contributed by atoms with Gasteiger partial charge in [-0.1, -0.05) is 19.9 Å². The smallest absolute Gasteiger partial charge is 0.126 e. The van der Waals surface area contributed by atoms with E-state index in [2.05, 4.69) is 29.5 Å². The zero-order chi connectivity index (χ0) is 14.1. The summed E-state index contributed by atoms with van der Waals surface area (Å²) in [7, 11) is 3.35. The quantitative estimate of drug-likeness (QED) is 0.712. The van der Waals surface area contributed by atoms with Crippen LogP contribution in [0.15, 0.2) is 18.2 Å². The Morgan fingerprint density at radius 3 is 2.68 bits per heavy atom. The van der Waals surface area contributed by atoms with Gasteiger partial charge < -0.3 is 20.1 Å². The molecule has 1 unspecified atom stereocenters. The van der Waals surface area contributed by atoms with Gasteiger partial charge in [-0.05, 0) is 12.1 Å². The molecule has 0 aromatic carbocycles.